The molecule has 1 aliphatic rings. The molecule has 0 aliphatic carbocycles. The fourth-order valence-corrected chi connectivity index (χ4v) is 3.35. The molecule has 0 spiro atoms. The van der Waals surface area contributed by atoms with Gasteiger partial charge in [-0.15, -0.1) is 0 Å². The number of likely N-dealkylation sites (N-methyl/N-ethyl adjacent to an activating group) is 1. The first-order valence-corrected chi connectivity index (χ1v) is 7.14. The topological polar surface area (TPSA) is 30.5 Å². The standard InChI is InChI=1S/C12H15Br2NO2/c1-4-15-11-6(2)17-12-7(13)5-8(16-3)10(14)9(11)12/h5-6,11,15H,4H2,1-3H3. The average Bonchev–Trinajstić information content (AvgIpc) is 2.63. The fourth-order valence-electron chi connectivity index (χ4n) is 2.13. The SMILES string of the molecule is CCNC1c2c(Br)c(OC)cc(Br)c2OC1C. The lowest BCUT2D eigenvalue weighted by Gasteiger charge is -2.16. The maximum atomic E-state index is 5.89. The van der Waals surface area contributed by atoms with E-state index in [1.807, 2.05) is 6.07 Å². The van der Waals surface area contributed by atoms with E-state index in [2.05, 4.69) is 51.0 Å². The van der Waals surface area contributed by atoms with Gasteiger partial charge in [0.2, 0.25) is 0 Å². The van der Waals surface area contributed by atoms with Crippen LogP contribution in [0.3, 0.4) is 0 Å². The minimum atomic E-state index is 0.115. The van der Waals surface area contributed by atoms with Crippen molar-refractivity contribution in [1.29, 1.82) is 0 Å². The second-order valence-electron chi connectivity index (χ2n) is 3.98. The molecular formula is C12H15Br2NO2. The lowest BCUT2D eigenvalue weighted by atomic mass is 10.0. The molecule has 1 aromatic carbocycles. The number of ether oxygens (including phenoxy) is 2. The zero-order valence-electron chi connectivity index (χ0n) is 10.0. The summed E-state index contributed by atoms with van der Waals surface area (Å²) in [5, 5.41) is 3.44. The number of methoxy groups -OCH3 is 1. The van der Waals surface area contributed by atoms with Crippen molar-refractivity contribution in [3.05, 3.63) is 20.6 Å². The number of hydrogen-bond donors (Lipinski definition) is 1. The molecule has 2 atom stereocenters. The Kier molecular flexibility index (Phi) is 4.00. The molecule has 17 heavy (non-hydrogen) atoms. The van der Waals surface area contributed by atoms with E-state index in [1.165, 1.54) is 0 Å². The van der Waals surface area contributed by atoms with Crippen LogP contribution >= 0.6 is 31.9 Å². The van der Waals surface area contributed by atoms with Crippen LogP contribution in [0, 0.1) is 0 Å². The van der Waals surface area contributed by atoms with Gasteiger partial charge in [-0.05, 0) is 51.4 Å². The molecule has 0 aromatic heterocycles. The highest BCUT2D eigenvalue weighted by Crippen LogP contribution is 2.49. The molecule has 0 radical (unpaired) electrons. The van der Waals surface area contributed by atoms with Gasteiger partial charge in [0.05, 0.1) is 22.1 Å². The lowest BCUT2D eigenvalue weighted by Crippen LogP contribution is -2.28. The van der Waals surface area contributed by atoms with E-state index < -0.39 is 0 Å². The van der Waals surface area contributed by atoms with Crippen molar-refractivity contribution in [3.63, 3.8) is 0 Å². The van der Waals surface area contributed by atoms with E-state index in [1.54, 1.807) is 7.11 Å². The third-order valence-electron chi connectivity index (χ3n) is 2.90. The molecule has 2 rings (SSSR count). The van der Waals surface area contributed by atoms with E-state index >= 15 is 0 Å². The molecule has 0 fully saturated rings. The van der Waals surface area contributed by atoms with Gasteiger partial charge in [0.1, 0.15) is 17.6 Å². The molecular weight excluding hydrogens is 350 g/mol. The van der Waals surface area contributed by atoms with Gasteiger partial charge < -0.3 is 14.8 Å². The van der Waals surface area contributed by atoms with Crippen LogP contribution in [0.1, 0.15) is 25.5 Å². The third kappa shape index (κ3) is 2.20. The summed E-state index contributed by atoms with van der Waals surface area (Å²) in [6.07, 6.45) is 0.115. The molecule has 1 N–H and O–H groups in total. The maximum absolute atomic E-state index is 5.89. The predicted molar refractivity (Wildman–Crippen MR) is 74.9 cm³/mol. The molecule has 5 heteroatoms. The summed E-state index contributed by atoms with van der Waals surface area (Å²) in [6.45, 7) is 5.06. The van der Waals surface area contributed by atoms with E-state index in [0.717, 1.165) is 32.6 Å². The summed E-state index contributed by atoms with van der Waals surface area (Å²) < 4.78 is 13.1. The van der Waals surface area contributed by atoms with Gasteiger partial charge in [-0.25, -0.2) is 0 Å². The van der Waals surface area contributed by atoms with Crippen LogP contribution in [0.2, 0.25) is 0 Å². The fraction of sp³-hybridized carbons (Fsp3) is 0.500. The first-order valence-electron chi connectivity index (χ1n) is 5.56. The highest BCUT2D eigenvalue weighted by atomic mass is 79.9. The largest absolute Gasteiger partial charge is 0.496 e. The van der Waals surface area contributed by atoms with Crippen LogP contribution in [-0.2, 0) is 0 Å². The van der Waals surface area contributed by atoms with Crippen molar-refractivity contribution >= 4 is 31.9 Å². The summed E-state index contributed by atoms with van der Waals surface area (Å²) >= 11 is 7.12. The predicted octanol–water partition coefficient (Wildman–Crippen LogP) is 3.65. The Morgan fingerprint density at radius 1 is 1.47 bits per heavy atom. The molecule has 94 valence electrons. The second-order valence-corrected chi connectivity index (χ2v) is 5.62. The number of halogens is 2. The highest BCUT2D eigenvalue weighted by molar-refractivity contribution is 9.11. The van der Waals surface area contributed by atoms with Gasteiger partial charge in [0.25, 0.3) is 0 Å². The van der Waals surface area contributed by atoms with Gasteiger partial charge in [-0.3, -0.25) is 0 Å². The highest BCUT2D eigenvalue weighted by Gasteiger charge is 2.35. The number of rotatable bonds is 3. The van der Waals surface area contributed by atoms with Crippen LogP contribution < -0.4 is 14.8 Å². The van der Waals surface area contributed by atoms with Crippen molar-refractivity contribution in [1.82, 2.24) is 5.32 Å². The minimum Gasteiger partial charge on any atom is -0.496 e. The number of fused-ring (bicyclic) bond motifs is 1. The first kappa shape index (κ1) is 13.2. The molecule has 0 saturated heterocycles. The Morgan fingerprint density at radius 2 is 2.18 bits per heavy atom. The molecule has 1 aromatic rings. The van der Waals surface area contributed by atoms with E-state index in [9.17, 15) is 0 Å². The minimum absolute atomic E-state index is 0.115. The summed E-state index contributed by atoms with van der Waals surface area (Å²) in [5.41, 5.74) is 1.13. The van der Waals surface area contributed by atoms with Crippen molar-refractivity contribution < 1.29 is 9.47 Å². The van der Waals surface area contributed by atoms with Crippen molar-refractivity contribution in [2.45, 2.75) is 26.0 Å². The zero-order valence-corrected chi connectivity index (χ0v) is 13.2. The molecule has 1 heterocycles. The van der Waals surface area contributed by atoms with Gasteiger partial charge in [0, 0.05) is 5.56 Å². The van der Waals surface area contributed by atoms with Crippen LogP contribution in [0.15, 0.2) is 15.0 Å². The Bertz CT molecular complexity index is 437. The maximum Gasteiger partial charge on any atom is 0.140 e. The Morgan fingerprint density at radius 3 is 2.76 bits per heavy atom. The Hall–Kier alpha value is -0.260. The summed E-state index contributed by atoms with van der Waals surface area (Å²) in [6, 6.07) is 2.11. The Balaban J connectivity index is 2.54. The normalized spacial score (nSPS) is 22.2. The molecule has 0 saturated carbocycles. The van der Waals surface area contributed by atoms with Crippen molar-refractivity contribution in [2.75, 3.05) is 13.7 Å². The number of hydrogen-bond acceptors (Lipinski definition) is 3. The summed E-state index contributed by atoms with van der Waals surface area (Å²) in [4.78, 5) is 0. The average molecular weight is 365 g/mol. The van der Waals surface area contributed by atoms with Gasteiger partial charge >= 0.3 is 0 Å². The number of nitrogens with one attached hydrogen (secondary N) is 1. The summed E-state index contributed by atoms with van der Waals surface area (Å²) in [5.74, 6) is 1.72. The monoisotopic (exact) mass is 363 g/mol. The Labute approximate surface area is 118 Å². The van der Waals surface area contributed by atoms with Crippen molar-refractivity contribution in [3.8, 4) is 11.5 Å². The van der Waals surface area contributed by atoms with Gasteiger partial charge in [-0.2, -0.15) is 0 Å². The second kappa shape index (κ2) is 5.16. The van der Waals surface area contributed by atoms with Crippen LogP contribution in [-0.4, -0.2) is 19.8 Å². The van der Waals surface area contributed by atoms with E-state index in [4.69, 9.17) is 9.47 Å². The third-order valence-corrected chi connectivity index (χ3v) is 4.31. The molecule has 1 aliphatic heterocycles. The van der Waals surface area contributed by atoms with Crippen molar-refractivity contribution in [2.24, 2.45) is 0 Å². The van der Waals surface area contributed by atoms with Gasteiger partial charge in [0.15, 0.2) is 0 Å². The van der Waals surface area contributed by atoms with Crippen LogP contribution in [0.5, 0.6) is 11.5 Å². The lowest BCUT2D eigenvalue weighted by molar-refractivity contribution is 0.210. The van der Waals surface area contributed by atoms with E-state index in [0.29, 0.717) is 0 Å². The first-order chi connectivity index (χ1) is 8.10. The summed E-state index contributed by atoms with van der Waals surface area (Å²) in [7, 11) is 1.67. The quantitative estimate of drug-likeness (QED) is 0.887. The molecule has 3 nitrogen and oxygen atoms in total. The zero-order chi connectivity index (χ0) is 12.6. The van der Waals surface area contributed by atoms with Crippen LogP contribution in [0.25, 0.3) is 0 Å². The molecule has 0 amide bonds. The number of benzene rings is 1. The van der Waals surface area contributed by atoms with Crippen LogP contribution in [0.4, 0.5) is 0 Å². The molecule has 2 unspecified atom stereocenters. The smallest absolute Gasteiger partial charge is 0.140 e. The molecule has 0 bridgehead atoms. The van der Waals surface area contributed by atoms with E-state index in [-0.39, 0.29) is 12.1 Å². The van der Waals surface area contributed by atoms with Gasteiger partial charge in [-0.1, -0.05) is 6.92 Å².